The maximum absolute atomic E-state index is 12.2. The Kier molecular flexibility index (Phi) is 4.91. The van der Waals surface area contributed by atoms with Gasteiger partial charge < -0.3 is 14.6 Å². The summed E-state index contributed by atoms with van der Waals surface area (Å²) in [5, 5.41) is 20.3. The van der Waals surface area contributed by atoms with Gasteiger partial charge in [-0.3, -0.25) is 10.2 Å². The molecule has 5 heteroatoms. The van der Waals surface area contributed by atoms with Crippen molar-refractivity contribution in [2.24, 2.45) is 0 Å². The van der Waals surface area contributed by atoms with Crippen LogP contribution in [0.3, 0.4) is 0 Å². The van der Waals surface area contributed by atoms with Crippen LogP contribution in [0.15, 0.2) is 78.9 Å². The summed E-state index contributed by atoms with van der Waals surface area (Å²) in [5.41, 5.74) is 3.58. The Hall–Kier alpha value is -3.44. The Bertz CT molecular complexity index is 1060. The minimum atomic E-state index is -1.90. The number of aliphatic hydroxyl groups is 1. The summed E-state index contributed by atoms with van der Waals surface area (Å²) >= 11 is 0. The van der Waals surface area contributed by atoms with E-state index in [1.807, 2.05) is 48.5 Å². The zero-order chi connectivity index (χ0) is 20.4. The van der Waals surface area contributed by atoms with Crippen LogP contribution in [-0.4, -0.2) is 24.1 Å². The largest absolute Gasteiger partial charge is 0.469 e. The van der Waals surface area contributed by atoms with E-state index >= 15 is 0 Å². The lowest BCUT2D eigenvalue weighted by Crippen LogP contribution is -2.42. The average Bonchev–Trinajstić information content (AvgIpc) is 2.77. The van der Waals surface area contributed by atoms with E-state index in [4.69, 9.17) is 14.9 Å². The number of ether oxygens (including phenoxy) is 2. The molecule has 3 aromatic carbocycles. The van der Waals surface area contributed by atoms with Gasteiger partial charge in [0.2, 0.25) is 11.7 Å². The van der Waals surface area contributed by atoms with Gasteiger partial charge in [-0.05, 0) is 28.8 Å². The summed E-state index contributed by atoms with van der Waals surface area (Å²) in [7, 11) is 1.32. The fraction of sp³-hybridized carbons (Fsp3) is 0.167. The molecule has 0 aromatic heterocycles. The molecule has 1 aliphatic rings. The number of benzene rings is 3. The molecule has 4 rings (SSSR count). The van der Waals surface area contributed by atoms with Gasteiger partial charge in [-0.2, -0.15) is 0 Å². The summed E-state index contributed by atoms with van der Waals surface area (Å²) < 4.78 is 10.8. The first-order valence-electron chi connectivity index (χ1n) is 9.35. The van der Waals surface area contributed by atoms with Crippen molar-refractivity contribution >= 4 is 11.9 Å². The zero-order valence-corrected chi connectivity index (χ0v) is 16.0. The number of nitrogens with one attached hydrogen (secondary N) is 1. The molecular formula is C24H21NO4. The number of carbonyl (C=O) groups excluding carboxylic acids is 1. The van der Waals surface area contributed by atoms with Gasteiger partial charge in [-0.1, -0.05) is 66.7 Å². The second-order valence-electron chi connectivity index (χ2n) is 6.96. The summed E-state index contributed by atoms with van der Waals surface area (Å²) in [6.07, 6.45) is -0.0829. The number of esters is 1. The highest BCUT2D eigenvalue weighted by atomic mass is 16.6. The van der Waals surface area contributed by atoms with Crippen molar-refractivity contribution in [2.75, 3.05) is 7.11 Å². The SMILES string of the molecule is COC(=O)CC1c2ccccc2-c2ccccc2C1(O)OC(=N)c1ccccc1. The molecule has 0 aliphatic heterocycles. The summed E-state index contributed by atoms with van der Waals surface area (Å²) in [4.78, 5) is 12.2. The Balaban J connectivity index is 1.86. The van der Waals surface area contributed by atoms with Gasteiger partial charge in [0.15, 0.2) is 0 Å². The molecule has 0 saturated heterocycles. The molecule has 2 atom stereocenters. The molecule has 0 spiro atoms. The minimum Gasteiger partial charge on any atom is -0.469 e. The smallest absolute Gasteiger partial charge is 0.306 e. The normalized spacial score (nSPS) is 19.6. The molecule has 0 heterocycles. The average molecular weight is 387 g/mol. The van der Waals surface area contributed by atoms with E-state index in [0.717, 1.165) is 16.7 Å². The van der Waals surface area contributed by atoms with E-state index < -0.39 is 17.7 Å². The van der Waals surface area contributed by atoms with Crippen LogP contribution in [0.1, 0.15) is 29.0 Å². The van der Waals surface area contributed by atoms with Crippen molar-refractivity contribution in [3.8, 4) is 11.1 Å². The Labute approximate surface area is 169 Å². The molecule has 146 valence electrons. The highest BCUT2D eigenvalue weighted by Gasteiger charge is 2.49. The number of hydrogen-bond acceptors (Lipinski definition) is 5. The number of methoxy groups -OCH3 is 1. The first-order chi connectivity index (χ1) is 14.0. The molecule has 2 unspecified atom stereocenters. The fourth-order valence-corrected chi connectivity index (χ4v) is 3.90. The lowest BCUT2D eigenvalue weighted by atomic mass is 9.73. The second-order valence-corrected chi connectivity index (χ2v) is 6.96. The molecule has 0 fully saturated rings. The predicted octanol–water partition coefficient (Wildman–Crippen LogP) is 4.20. The van der Waals surface area contributed by atoms with E-state index in [2.05, 4.69) is 0 Å². The molecule has 0 saturated carbocycles. The van der Waals surface area contributed by atoms with Crippen LogP contribution >= 0.6 is 0 Å². The van der Waals surface area contributed by atoms with Gasteiger partial charge in [0.1, 0.15) is 0 Å². The Morgan fingerprint density at radius 2 is 1.59 bits per heavy atom. The van der Waals surface area contributed by atoms with Crippen LogP contribution in [-0.2, 0) is 20.1 Å². The molecule has 1 aliphatic carbocycles. The van der Waals surface area contributed by atoms with Gasteiger partial charge in [0, 0.05) is 11.1 Å². The van der Waals surface area contributed by atoms with Gasteiger partial charge >= 0.3 is 5.97 Å². The summed E-state index contributed by atoms with van der Waals surface area (Å²) in [6.45, 7) is 0. The quantitative estimate of drug-likeness (QED) is 0.304. The number of hydrogen-bond donors (Lipinski definition) is 2. The van der Waals surface area contributed by atoms with Crippen LogP contribution in [0.4, 0.5) is 0 Å². The van der Waals surface area contributed by atoms with Gasteiger partial charge in [-0.15, -0.1) is 0 Å². The number of rotatable bonds is 4. The maximum atomic E-state index is 12.2. The van der Waals surface area contributed by atoms with Gasteiger partial charge in [0.05, 0.1) is 19.4 Å². The first kappa shape index (κ1) is 18.9. The van der Waals surface area contributed by atoms with E-state index in [9.17, 15) is 9.90 Å². The number of carbonyl (C=O) groups is 1. The molecule has 0 bridgehead atoms. The van der Waals surface area contributed by atoms with Crippen molar-refractivity contribution in [1.82, 2.24) is 0 Å². The third-order valence-electron chi connectivity index (χ3n) is 5.30. The summed E-state index contributed by atoms with van der Waals surface area (Å²) in [5.74, 6) is -3.26. The van der Waals surface area contributed by atoms with E-state index in [1.165, 1.54) is 7.11 Å². The second kappa shape index (κ2) is 7.53. The van der Waals surface area contributed by atoms with Crippen LogP contribution in [0.25, 0.3) is 11.1 Å². The van der Waals surface area contributed by atoms with E-state index in [0.29, 0.717) is 11.1 Å². The monoisotopic (exact) mass is 387 g/mol. The number of fused-ring (bicyclic) bond motifs is 3. The molecule has 0 radical (unpaired) electrons. The first-order valence-corrected chi connectivity index (χ1v) is 9.35. The van der Waals surface area contributed by atoms with E-state index in [1.54, 1.807) is 30.3 Å². The van der Waals surface area contributed by atoms with Crippen LogP contribution in [0.2, 0.25) is 0 Å². The fourth-order valence-electron chi connectivity index (χ4n) is 3.90. The van der Waals surface area contributed by atoms with Gasteiger partial charge in [0.25, 0.3) is 0 Å². The zero-order valence-electron chi connectivity index (χ0n) is 16.0. The van der Waals surface area contributed by atoms with Crippen molar-refractivity contribution < 1.29 is 19.4 Å². The third-order valence-corrected chi connectivity index (χ3v) is 5.30. The lowest BCUT2D eigenvalue weighted by molar-refractivity contribution is -0.183. The maximum Gasteiger partial charge on any atom is 0.306 e. The van der Waals surface area contributed by atoms with Crippen LogP contribution in [0.5, 0.6) is 0 Å². The Morgan fingerprint density at radius 3 is 2.31 bits per heavy atom. The minimum absolute atomic E-state index is 0.0829. The molecule has 3 aromatic rings. The standard InChI is InChI=1S/C24H21NO4/c1-28-22(26)15-21-19-13-6-5-11-17(19)18-12-7-8-14-20(18)24(21,27)29-23(25)16-9-3-2-4-10-16/h2-14,21,25,27H,15H2,1H3. The predicted molar refractivity (Wildman–Crippen MR) is 110 cm³/mol. The van der Waals surface area contributed by atoms with Crippen molar-refractivity contribution in [2.45, 2.75) is 18.1 Å². The summed E-state index contributed by atoms with van der Waals surface area (Å²) in [6, 6.07) is 23.9. The molecular weight excluding hydrogens is 366 g/mol. The van der Waals surface area contributed by atoms with Gasteiger partial charge in [-0.25, -0.2) is 0 Å². The molecule has 0 amide bonds. The van der Waals surface area contributed by atoms with Crippen LogP contribution in [0, 0.1) is 5.41 Å². The van der Waals surface area contributed by atoms with Crippen molar-refractivity contribution in [1.29, 1.82) is 5.41 Å². The highest BCUT2D eigenvalue weighted by Crippen LogP contribution is 2.51. The molecule has 29 heavy (non-hydrogen) atoms. The van der Waals surface area contributed by atoms with E-state index in [-0.39, 0.29) is 12.3 Å². The topological polar surface area (TPSA) is 79.6 Å². The highest BCUT2D eigenvalue weighted by molar-refractivity contribution is 5.92. The third kappa shape index (κ3) is 3.30. The molecule has 2 N–H and O–H groups in total. The lowest BCUT2D eigenvalue weighted by Gasteiger charge is -2.41. The molecule has 5 nitrogen and oxygen atoms in total. The Morgan fingerprint density at radius 1 is 0.966 bits per heavy atom. The van der Waals surface area contributed by atoms with Crippen molar-refractivity contribution in [3.63, 3.8) is 0 Å². The van der Waals surface area contributed by atoms with Crippen LogP contribution < -0.4 is 0 Å². The van der Waals surface area contributed by atoms with Crippen molar-refractivity contribution in [3.05, 3.63) is 95.6 Å².